The molecule has 3 rings (SSSR count). The highest BCUT2D eigenvalue weighted by molar-refractivity contribution is 5.97. The van der Waals surface area contributed by atoms with E-state index in [9.17, 15) is 19.2 Å². The lowest BCUT2D eigenvalue weighted by atomic mass is 9.84. The molecular weight excluding hydrogens is 582 g/mol. The number of amides is 4. The number of rotatable bonds is 13. The van der Waals surface area contributed by atoms with E-state index in [-0.39, 0.29) is 47.7 Å². The number of hydrogen-bond donors (Lipinski definition) is 2. The largest absolute Gasteiger partial charge is 0.354 e. The van der Waals surface area contributed by atoms with Gasteiger partial charge in [0.2, 0.25) is 23.6 Å². The predicted octanol–water partition coefficient (Wildman–Crippen LogP) is 3.60. The van der Waals surface area contributed by atoms with Gasteiger partial charge in [-0.05, 0) is 70.8 Å². The summed E-state index contributed by atoms with van der Waals surface area (Å²) in [6, 6.07) is -1.62. The Kier molecular flexibility index (Phi) is 13.4. The molecule has 2 fully saturated rings. The summed E-state index contributed by atoms with van der Waals surface area (Å²) in [4.78, 5) is 64.1. The van der Waals surface area contributed by atoms with E-state index in [1.54, 1.807) is 36.3 Å². The highest BCUT2D eigenvalue weighted by atomic mass is 16.2. The second-order valence-electron chi connectivity index (χ2n) is 14.8. The van der Waals surface area contributed by atoms with Crippen LogP contribution < -0.4 is 10.6 Å². The van der Waals surface area contributed by atoms with Crippen LogP contribution in [0.2, 0.25) is 0 Å². The van der Waals surface area contributed by atoms with Gasteiger partial charge in [0.25, 0.3) is 0 Å². The first-order valence-electron chi connectivity index (χ1n) is 17.2. The number of piperidine rings is 1. The fraction of sp³-hybridized carbons (Fsp3) is 0.743. The van der Waals surface area contributed by atoms with Gasteiger partial charge in [-0.3, -0.25) is 24.1 Å². The van der Waals surface area contributed by atoms with Crippen LogP contribution in [0.25, 0.3) is 0 Å². The first-order chi connectivity index (χ1) is 21.6. The molecule has 1 aromatic rings. The minimum absolute atomic E-state index is 0.0102. The third-order valence-electron chi connectivity index (χ3n) is 9.41. The smallest absolute Gasteiger partial charge is 0.249 e. The van der Waals surface area contributed by atoms with E-state index in [0.717, 1.165) is 45.2 Å². The van der Waals surface area contributed by atoms with Crippen molar-refractivity contribution in [1.29, 1.82) is 0 Å². The van der Waals surface area contributed by atoms with Crippen molar-refractivity contribution in [2.24, 2.45) is 11.3 Å². The van der Waals surface area contributed by atoms with Crippen LogP contribution in [0, 0.1) is 11.3 Å². The first-order valence-corrected chi connectivity index (χ1v) is 17.2. The molecule has 1 unspecified atom stereocenters. The van der Waals surface area contributed by atoms with E-state index < -0.39 is 17.5 Å². The molecule has 0 radical (unpaired) electrons. The minimum Gasteiger partial charge on any atom is -0.354 e. The molecule has 0 saturated carbocycles. The molecule has 0 bridgehead atoms. The Balaban J connectivity index is 1.69. The van der Waals surface area contributed by atoms with Crippen LogP contribution in [0.15, 0.2) is 30.4 Å². The molecule has 0 aliphatic carbocycles. The quantitative estimate of drug-likeness (QED) is 0.251. The SMILES string of the molecule is CC(=C[C@H](C(C)C)N(C)C(=O)[C@@H](NC(=O)C1CCCCN1C(C)C)C(C)(C)C)C(=O)N1CCC[C@H]1C(=O)NCCCn1ccnc1. The Labute approximate surface area is 276 Å². The molecule has 46 heavy (non-hydrogen) atoms. The Hall–Kier alpha value is -3.21. The third-order valence-corrected chi connectivity index (χ3v) is 9.41. The lowest BCUT2D eigenvalue weighted by molar-refractivity contribution is -0.142. The summed E-state index contributed by atoms with van der Waals surface area (Å²) in [5, 5.41) is 6.14. The molecule has 4 atom stereocenters. The number of hydrogen-bond acceptors (Lipinski definition) is 6. The summed E-state index contributed by atoms with van der Waals surface area (Å²) in [5.41, 5.74) is -0.0205. The molecule has 11 nitrogen and oxygen atoms in total. The molecule has 11 heteroatoms. The Bertz CT molecular complexity index is 1200. The number of likely N-dealkylation sites (tertiary alicyclic amines) is 2. The van der Waals surface area contributed by atoms with Gasteiger partial charge in [-0.15, -0.1) is 0 Å². The number of nitrogens with one attached hydrogen (secondary N) is 2. The van der Waals surface area contributed by atoms with Gasteiger partial charge in [0.1, 0.15) is 12.1 Å². The van der Waals surface area contributed by atoms with Crippen molar-refractivity contribution in [2.45, 2.75) is 131 Å². The van der Waals surface area contributed by atoms with E-state index in [4.69, 9.17) is 0 Å². The maximum Gasteiger partial charge on any atom is 0.249 e. The van der Waals surface area contributed by atoms with Gasteiger partial charge in [-0.2, -0.15) is 0 Å². The van der Waals surface area contributed by atoms with Gasteiger partial charge in [0, 0.05) is 50.7 Å². The fourth-order valence-electron chi connectivity index (χ4n) is 6.69. The van der Waals surface area contributed by atoms with Crippen molar-refractivity contribution in [3.63, 3.8) is 0 Å². The minimum atomic E-state index is -0.730. The zero-order valence-electron chi connectivity index (χ0n) is 29.7. The van der Waals surface area contributed by atoms with Crippen molar-refractivity contribution >= 4 is 23.6 Å². The van der Waals surface area contributed by atoms with Crippen molar-refractivity contribution in [2.75, 3.05) is 26.7 Å². The zero-order chi connectivity index (χ0) is 34.2. The standard InChI is InChI=1S/C35H59N7O4/c1-24(2)29(39(9)34(46)30(35(6,7)8)38-32(44)28-14-10-11-19-41(28)25(3)4)22-26(5)33(45)42-20-12-15-27(42)31(43)37-16-13-18-40-21-17-36-23-40/h17,21-25,27-30H,10-16,18-20H2,1-9H3,(H,37,43)(H,38,44)/t27-,28?,29+,30+/m0/s1. The second-order valence-corrected chi connectivity index (χ2v) is 14.8. The molecule has 2 aliphatic rings. The average molecular weight is 642 g/mol. The van der Waals surface area contributed by atoms with E-state index in [2.05, 4.69) is 34.4 Å². The number of imidazole rings is 1. The normalized spacial score (nSPS) is 20.9. The van der Waals surface area contributed by atoms with Gasteiger partial charge < -0.3 is 25.0 Å². The van der Waals surface area contributed by atoms with Gasteiger partial charge in [-0.25, -0.2) is 4.98 Å². The maximum atomic E-state index is 14.1. The van der Waals surface area contributed by atoms with Crippen LogP contribution in [-0.4, -0.2) is 105 Å². The molecular formula is C35H59N7O4. The van der Waals surface area contributed by atoms with E-state index >= 15 is 0 Å². The highest BCUT2D eigenvalue weighted by Gasteiger charge is 2.40. The van der Waals surface area contributed by atoms with Gasteiger partial charge >= 0.3 is 0 Å². The second kappa shape index (κ2) is 16.6. The lowest BCUT2D eigenvalue weighted by Crippen LogP contribution is -2.60. The topological polar surface area (TPSA) is 120 Å². The number of carbonyl (C=O) groups excluding carboxylic acids is 4. The van der Waals surface area contributed by atoms with Crippen molar-refractivity contribution in [3.05, 3.63) is 30.4 Å². The van der Waals surface area contributed by atoms with Gasteiger partial charge in [0.05, 0.1) is 18.4 Å². The number of aryl methyl sites for hydroxylation is 1. The van der Waals surface area contributed by atoms with Crippen LogP contribution in [0.3, 0.4) is 0 Å². The molecule has 0 aromatic carbocycles. The van der Waals surface area contributed by atoms with Crippen LogP contribution in [0.4, 0.5) is 0 Å². The monoisotopic (exact) mass is 641 g/mol. The van der Waals surface area contributed by atoms with Crippen molar-refractivity contribution < 1.29 is 19.2 Å². The first kappa shape index (κ1) is 37.2. The molecule has 0 spiro atoms. The average Bonchev–Trinajstić information content (AvgIpc) is 3.71. The third kappa shape index (κ3) is 9.65. The molecule has 4 amide bonds. The van der Waals surface area contributed by atoms with Gasteiger partial charge in [-0.1, -0.05) is 47.1 Å². The zero-order valence-corrected chi connectivity index (χ0v) is 29.7. The van der Waals surface area contributed by atoms with Crippen molar-refractivity contribution in [3.8, 4) is 0 Å². The number of likely N-dealkylation sites (N-methyl/N-ethyl adjacent to an activating group) is 1. The van der Waals surface area contributed by atoms with E-state index in [1.807, 2.05) is 51.5 Å². The summed E-state index contributed by atoms with van der Waals surface area (Å²) in [5.74, 6) is -0.588. The Morgan fingerprint density at radius 3 is 2.30 bits per heavy atom. The van der Waals surface area contributed by atoms with Crippen molar-refractivity contribution in [1.82, 2.24) is 34.9 Å². The van der Waals surface area contributed by atoms with Gasteiger partial charge in [0.15, 0.2) is 0 Å². The van der Waals surface area contributed by atoms with E-state index in [0.29, 0.717) is 25.1 Å². The van der Waals surface area contributed by atoms with Crippen LogP contribution in [0.1, 0.15) is 93.9 Å². The van der Waals surface area contributed by atoms with Crippen LogP contribution in [0.5, 0.6) is 0 Å². The molecule has 2 N–H and O–H groups in total. The molecule has 2 saturated heterocycles. The number of nitrogens with zero attached hydrogens (tertiary/aromatic N) is 5. The molecule has 3 heterocycles. The van der Waals surface area contributed by atoms with Crippen LogP contribution in [-0.2, 0) is 25.7 Å². The predicted molar refractivity (Wildman–Crippen MR) is 181 cm³/mol. The maximum absolute atomic E-state index is 14.1. The molecule has 1 aromatic heterocycles. The molecule has 2 aliphatic heterocycles. The Morgan fingerprint density at radius 2 is 1.70 bits per heavy atom. The fourth-order valence-corrected chi connectivity index (χ4v) is 6.69. The summed E-state index contributed by atoms with van der Waals surface area (Å²) < 4.78 is 1.97. The lowest BCUT2D eigenvalue weighted by Gasteiger charge is -2.41. The summed E-state index contributed by atoms with van der Waals surface area (Å²) >= 11 is 0. The summed E-state index contributed by atoms with van der Waals surface area (Å²) in [6.45, 7) is 18.6. The summed E-state index contributed by atoms with van der Waals surface area (Å²) in [6.07, 6.45) is 12.2. The highest BCUT2D eigenvalue weighted by Crippen LogP contribution is 2.27. The Morgan fingerprint density at radius 1 is 1.00 bits per heavy atom. The van der Waals surface area contributed by atoms with E-state index in [1.165, 1.54) is 0 Å². The summed E-state index contributed by atoms with van der Waals surface area (Å²) in [7, 11) is 1.75. The van der Waals surface area contributed by atoms with Crippen LogP contribution >= 0.6 is 0 Å². The number of carbonyl (C=O) groups is 4. The molecule has 258 valence electrons. The number of aromatic nitrogens is 2.